The number of aryl methyl sites for hydroxylation is 1. The lowest BCUT2D eigenvalue weighted by atomic mass is 10.1. The minimum Gasteiger partial charge on any atom is -0.326 e. The molecule has 0 saturated heterocycles. The molecule has 0 aliphatic heterocycles. The minimum atomic E-state index is 0.00778. The van der Waals surface area contributed by atoms with Gasteiger partial charge in [0.2, 0.25) is 0 Å². The van der Waals surface area contributed by atoms with Gasteiger partial charge >= 0.3 is 0 Å². The van der Waals surface area contributed by atoms with Crippen molar-refractivity contribution in [3.05, 3.63) is 65.2 Å². The maximum Gasteiger partial charge on any atom is 0.258 e. The van der Waals surface area contributed by atoms with Gasteiger partial charge in [-0.25, -0.2) is 0 Å². The smallest absolute Gasteiger partial charge is 0.258 e. The topological polar surface area (TPSA) is 46.3 Å². The van der Waals surface area contributed by atoms with Gasteiger partial charge in [0.1, 0.15) is 0 Å². The molecule has 3 nitrogen and oxygen atoms in total. The number of hydrogen-bond donors (Lipinski definition) is 1. The van der Waals surface area contributed by atoms with Crippen LogP contribution in [0.25, 0.3) is 0 Å². The molecule has 20 heavy (non-hydrogen) atoms. The average molecular weight is 268 g/mol. The third-order valence-electron chi connectivity index (χ3n) is 3.28. The third kappa shape index (κ3) is 3.06. The molecule has 2 N–H and O–H groups in total. The summed E-state index contributed by atoms with van der Waals surface area (Å²) in [6.45, 7) is 5.08. The van der Waals surface area contributed by atoms with Crippen molar-refractivity contribution in [3.63, 3.8) is 0 Å². The molecule has 0 atom stereocenters. The van der Waals surface area contributed by atoms with Crippen molar-refractivity contribution < 1.29 is 4.79 Å². The van der Waals surface area contributed by atoms with Crippen LogP contribution in [0.2, 0.25) is 0 Å². The molecule has 0 heterocycles. The molecule has 0 aliphatic rings. The fourth-order valence-corrected chi connectivity index (χ4v) is 2.23. The van der Waals surface area contributed by atoms with Gasteiger partial charge in [0, 0.05) is 24.3 Å². The van der Waals surface area contributed by atoms with Crippen LogP contribution in [0.15, 0.2) is 48.5 Å². The van der Waals surface area contributed by atoms with E-state index in [1.165, 1.54) is 0 Å². The van der Waals surface area contributed by atoms with Crippen molar-refractivity contribution in [2.24, 2.45) is 5.73 Å². The number of anilines is 1. The van der Waals surface area contributed by atoms with E-state index >= 15 is 0 Å². The first-order valence-electron chi connectivity index (χ1n) is 6.83. The Morgan fingerprint density at radius 1 is 1.15 bits per heavy atom. The Labute approximate surface area is 120 Å². The highest BCUT2D eigenvalue weighted by Crippen LogP contribution is 2.19. The first-order chi connectivity index (χ1) is 9.65. The predicted octanol–water partition coefficient (Wildman–Crippen LogP) is 3.12. The monoisotopic (exact) mass is 268 g/mol. The zero-order chi connectivity index (χ0) is 14.5. The highest BCUT2D eigenvalue weighted by atomic mass is 16.2. The van der Waals surface area contributed by atoms with Gasteiger partial charge in [0.05, 0.1) is 0 Å². The quantitative estimate of drug-likeness (QED) is 0.926. The van der Waals surface area contributed by atoms with Crippen molar-refractivity contribution in [3.8, 4) is 0 Å². The van der Waals surface area contributed by atoms with Gasteiger partial charge in [-0.2, -0.15) is 0 Å². The van der Waals surface area contributed by atoms with Gasteiger partial charge in [-0.3, -0.25) is 4.79 Å². The maximum atomic E-state index is 12.6. The van der Waals surface area contributed by atoms with Crippen molar-refractivity contribution >= 4 is 11.6 Å². The zero-order valence-corrected chi connectivity index (χ0v) is 12.0. The third-order valence-corrected chi connectivity index (χ3v) is 3.28. The summed E-state index contributed by atoms with van der Waals surface area (Å²) in [6.07, 6.45) is 0. The van der Waals surface area contributed by atoms with E-state index < -0.39 is 0 Å². The van der Waals surface area contributed by atoms with E-state index in [0.29, 0.717) is 18.7 Å². The van der Waals surface area contributed by atoms with Gasteiger partial charge in [0.25, 0.3) is 5.91 Å². The number of nitrogens with two attached hydrogens (primary N) is 1. The first-order valence-corrected chi connectivity index (χ1v) is 6.83. The maximum absolute atomic E-state index is 12.6. The van der Waals surface area contributed by atoms with Gasteiger partial charge in [-0.05, 0) is 49.2 Å². The van der Waals surface area contributed by atoms with E-state index in [-0.39, 0.29) is 5.91 Å². The second-order valence-electron chi connectivity index (χ2n) is 4.79. The van der Waals surface area contributed by atoms with E-state index in [4.69, 9.17) is 5.73 Å². The van der Waals surface area contributed by atoms with Gasteiger partial charge in [-0.1, -0.05) is 24.3 Å². The minimum absolute atomic E-state index is 0.00778. The standard InChI is InChI=1S/C17H20N2O/c1-3-19(16-9-4-6-13(2)10-16)17(20)15-8-5-7-14(11-15)12-18/h4-11H,3,12,18H2,1-2H3. The largest absolute Gasteiger partial charge is 0.326 e. The highest BCUT2D eigenvalue weighted by Gasteiger charge is 2.16. The van der Waals surface area contributed by atoms with Crippen LogP contribution in [0.5, 0.6) is 0 Å². The predicted molar refractivity (Wildman–Crippen MR) is 82.9 cm³/mol. The summed E-state index contributed by atoms with van der Waals surface area (Å²) in [5, 5.41) is 0. The molecular weight excluding hydrogens is 248 g/mol. The van der Waals surface area contributed by atoms with E-state index in [1.54, 1.807) is 4.90 Å². The number of carbonyl (C=O) groups excluding carboxylic acids is 1. The molecule has 0 unspecified atom stereocenters. The molecule has 0 aliphatic carbocycles. The molecule has 1 amide bonds. The van der Waals surface area contributed by atoms with Crippen molar-refractivity contribution in [1.82, 2.24) is 0 Å². The lowest BCUT2D eigenvalue weighted by Gasteiger charge is -2.21. The second kappa shape index (κ2) is 6.35. The van der Waals surface area contributed by atoms with E-state index in [1.807, 2.05) is 62.4 Å². The van der Waals surface area contributed by atoms with E-state index in [0.717, 1.165) is 16.8 Å². The average Bonchev–Trinajstić information content (AvgIpc) is 2.48. The normalized spacial score (nSPS) is 10.3. The Morgan fingerprint density at radius 3 is 2.55 bits per heavy atom. The first kappa shape index (κ1) is 14.3. The van der Waals surface area contributed by atoms with Crippen LogP contribution in [0.4, 0.5) is 5.69 Å². The Kier molecular flexibility index (Phi) is 4.53. The lowest BCUT2D eigenvalue weighted by molar-refractivity contribution is 0.0988. The summed E-state index contributed by atoms with van der Waals surface area (Å²) in [5.41, 5.74) is 9.35. The molecule has 104 valence electrons. The summed E-state index contributed by atoms with van der Waals surface area (Å²) in [5.74, 6) is 0.00778. The fourth-order valence-electron chi connectivity index (χ4n) is 2.23. The Balaban J connectivity index is 2.33. The van der Waals surface area contributed by atoms with Gasteiger partial charge in [0.15, 0.2) is 0 Å². The molecule has 0 aromatic heterocycles. The molecule has 0 bridgehead atoms. The summed E-state index contributed by atoms with van der Waals surface area (Å²) >= 11 is 0. The van der Waals surface area contributed by atoms with E-state index in [9.17, 15) is 4.79 Å². The SMILES string of the molecule is CCN(C(=O)c1cccc(CN)c1)c1cccc(C)c1. The molecular formula is C17H20N2O. The molecule has 0 spiro atoms. The van der Waals surface area contributed by atoms with Crippen LogP contribution in [-0.2, 0) is 6.54 Å². The van der Waals surface area contributed by atoms with Crippen molar-refractivity contribution in [1.29, 1.82) is 0 Å². The molecule has 0 fully saturated rings. The van der Waals surface area contributed by atoms with Crippen LogP contribution in [-0.4, -0.2) is 12.5 Å². The second-order valence-corrected chi connectivity index (χ2v) is 4.79. The van der Waals surface area contributed by atoms with Crippen molar-refractivity contribution in [2.45, 2.75) is 20.4 Å². The summed E-state index contributed by atoms with van der Waals surface area (Å²) in [4.78, 5) is 14.4. The summed E-state index contributed by atoms with van der Waals surface area (Å²) in [6, 6.07) is 15.5. The molecule has 0 radical (unpaired) electrons. The number of carbonyl (C=O) groups is 1. The molecule has 2 rings (SSSR count). The van der Waals surface area contributed by atoms with Crippen molar-refractivity contribution in [2.75, 3.05) is 11.4 Å². The van der Waals surface area contributed by atoms with Crippen LogP contribution in [0.3, 0.4) is 0 Å². The van der Waals surface area contributed by atoms with Gasteiger partial charge < -0.3 is 10.6 Å². The lowest BCUT2D eigenvalue weighted by Crippen LogP contribution is -2.30. The number of benzene rings is 2. The molecule has 3 heteroatoms. The summed E-state index contributed by atoms with van der Waals surface area (Å²) in [7, 11) is 0. The number of amides is 1. The number of rotatable bonds is 4. The summed E-state index contributed by atoms with van der Waals surface area (Å²) < 4.78 is 0. The van der Waals surface area contributed by atoms with E-state index in [2.05, 4.69) is 0 Å². The van der Waals surface area contributed by atoms with Crippen LogP contribution in [0.1, 0.15) is 28.4 Å². The number of hydrogen-bond acceptors (Lipinski definition) is 2. The molecule has 0 saturated carbocycles. The number of nitrogens with zero attached hydrogens (tertiary/aromatic N) is 1. The molecule has 2 aromatic rings. The Hall–Kier alpha value is -2.13. The van der Waals surface area contributed by atoms with Crippen LogP contribution in [0, 0.1) is 6.92 Å². The van der Waals surface area contributed by atoms with Gasteiger partial charge in [-0.15, -0.1) is 0 Å². The Bertz CT molecular complexity index is 607. The molecule has 2 aromatic carbocycles. The van der Waals surface area contributed by atoms with Crippen LogP contribution >= 0.6 is 0 Å². The zero-order valence-electron chi connectivity index (χ0n) is 12.0. The highest BCUT2D eigenvalue weighted by molar-refractivity contribution is 6.06. The van der Waals surface area contributed by atoms with Crippen LogP contribution < -0.4 is 10.6 Å². The fraction of sp³-hybridized carbons (Fsp3) is 0.235. The Morgan fingerprint density at radius 2 is 1.90 bits per heavy atom.